The number of azo groups is 1. The third-order valence-corrected chi connectivity index (χ3v) is 6.88. The Bertz CT molecular complexity index is 1180. The maximum absolute atomic E-state index is 13.7. The monoisotopic (exact) mass is 432 g/mol. The lowest BCUT2D eigenvalue weighted by molar-refractivity contribution is -0.121. The Hall–Kier alpha value is -3.26. The first-order valence-electron chi connectivity index (χ1n) is 10.9. The summed E-state index contributed by atoms with van der Waals surface area (Å²) in [5.74, 6) is -0.0719. The van der Waals surface area contributed by atoms with Crippen LogP contribution < -0.4 is 10.6 Å². The molecule has 0 saturated carbocycles. The zero-order valence-corrected chi connectivity index (χ0v) is 18.8. The molecule has 8 nitrogen and oxygen atoms in total. The second-order valence-electron chi connectivity index (χ2n) is 9.02. The molecule has 1 unspecified atom stereocenters. The SMILES string of the molecule is CC[C@]1(c2cccc(-c3ccnn3C)c2)C2=CN=NC2NC2=C1C(=O)N[C@@](C)(COC)C2. The third-order valence-electron chi connectivity index (χ3n) is 6.88. The Morgan fingerprint density at radius 3 is 2.88 bits per heavy atom. The predicted octanol–water partition coefficient (Wildman–Crippen LogP) is 3.19. The number of aryl methyl sites for hydroxylation is 1. The van der Waals surface area contributed by atoms with Crippen molar-refractivity contribution in [2.75, 3.05) is 13.7 Å². The fourth-order valence-corrected chi connectivity index (χ4v) is 5.53. The minimum absolute atomic E-state index is 0.0719. The van der Waals surface area contributed by atoms with Crippen LogP contribution in [-0.4, -0.2) is 41.1 Å². The van der Waals surface area contributed by atoms with E-state index in [1.807, 2.05) is 37.0 Å². The number of fused-ring (bicyclic) bond motifs is 1. The molecule has 1 aromatic carbocycles. The molecule has 2 N–H and O–H groups in total. The van der Waals surface area contributed by atoms with Gasteiger partial charge in [0.1, 0.15) is 0 Å². The minimum atomic E-state index is -0.623. The molecule has 0 bridgehead atoms. The molecule has 2 aromatic rings. The van der Waals surface area contributed by atoms with Crippen molar-refractivity contribution in [2.45, 2.75) is 43.8 Å². The maximum atomic E-state index is 13.7. The number of nitrogens with one attached hydrogen (secondary N) is 2. The van der Waals surface area contributed by atoms with Crippen LogP contribution in [0.1, 0.15) is 32.3 Å². The molecule has 0 radical (unpaired) electrons. The van der Waals surface area contributed by atoms with Gasteiger partial charge >= 0.3 is 0 Å². The number of aromatic nitrogens is 2. The molecule has 0 aliphatic carbocycles. The van der Waals surface area contributed by atoms with E-state index < -0.39 is 11.0 Å². The van der Waals surface area contributed by atoms with Gasteiger partial charge in [-0.25, -0.2) is 0 Å². The van der Waals surface area contributed by atoms with E-state index in [4.69, 9.17) is 4.74 Å². The number of carbonyl (C=O) groups excluding carboxylic acids is 1. The molecule has 3 atom stereocenters. The highest BCUT2D eigenvalue weighted by Crippen LogP contribution is 2.51. The molecule has 1 aromatic heterocycles. The number of benzene rings is 1. The second-order valence-corrected chi connectivity index (χ2v) is 9.02. The average molecular weight is 433 g/mol. The Morgan fingerprint density at radius 2 is 2.16 bits per heavy atom. The van der Waals surface area contributed by atoms with Crippen LogP contribution in [0.2, 0.25) is 0 Å². The number of hydrogen-bond donors (Lipinski definition) is 2. The maximum Gasteiger partial charge on any atom is 0.250 e. The van der Waals surface area contributed by atoms with Crippen molar-refractivity contribution in [3.05, 3.63) is 65.1 Å². The molecule has 3 aliphatic rings. The normalized spacial score (nSPS) is 28.7. The van der Waals surface area contributed by atoms with Crippen LogP contribution in [0.3, 0.4) is 0 Å². The second kappa shape index (κ2) is 7.41. The van der Waals surface area contributed by atoms with Gasteiger partial charge in [0.05, 0.1) is 35.0 Å². The molecule has 0 fully saturated rings. The highest BCUT2D eigenvalue weighted by molar-refractivity contribution is 6.00. The summed E-state index contributed by atoms with van der Waals surface area (Å²) in [4.78, 5) is 13.7. The van der Waals surface area contributed by atoms with Crippen LogP contribution in [0.4, 0.5) is 0 Å². The van der Waals surface area contributed by atoms with E-state index in [0.717, 1.165) is 33.7 Å². The molecule has 4 heterocycles. The number of amides is 1. The number of ether oxygens (including phenoxy) is 1. The van der Waals surface area contributed by atoms with E-state index in [-0.39, 0.29) is 12.1 Å². The summed E-state index contributed by atoms with van der Waals surface area (Å²) in [5, 5.41) is 19.7. The van der Waals surface area contributed by atoms with E-state index in [1.165, 1.54) is 0 Å². The highest BCUT2D eigenvalue weighted by Gasteiger charge is 2.53. The highest BCUT2D eigenvalue weighted by atomic mass is 16.5. The lowest BCUT2D eigenvalue weighted by atomic mass is 9.62. The molecular formula is C24H28N6O2. The van der Waals surface area contributed by atoms with Gasteiger partial charge in [-0.1, -0.05) is 25.1 Å². The van der Waals surface area contributed by atoms with Gasteiger partial charge in [0, 0.05) is 43.6 Å². The Morgan fingerprint density at radius 1 is 1.31 bits per heavy atom. The van der Waals surface area contributed by atoms with Crippen LogP contribution in [0, 0.1) is 0 Å². The van der Waals surface area contributed by atoms with Gasteiger partial charge in [0.15, 0.2) is 6.17 Å². The van der Waals surface area contributed by atoms with Gasteiger partial charge in [-0.3, -0.25) is 9.48 Å². The molecule has 0 spiro atoms. The quantitative estimate of drug-likeness (QED) is 0.759. The van der Waals surface area contributed by atoms with Crippen molar-refractivity contribution in [1.82, 2.24) is 20.4 Å². The number of nitrogens with zero attached hydrogens (tertiary/aromatic N) is 4. The van der Waals surface area contributed by atoms with E-state index in [0.29, 0.717) is 19.4 Å². The van der Waals surface area contributed by atoms with Crippen molar-refractivity contribution in [3.63, 3.8) is 0 Å². The summed E-state index contributed by atoms with van der Waals surface area (Å²) < 4.78 is 7.26. The molecule has 8 heteroatoms. The topological polar surface area (TPSA) is 92.9 Å². The van der Waals surface area contributed by atoms with Crippen LogP contribution in [0.25, 0.3) is 11.3 Å². The van der Waals surface area contributed by atoms with Crippen molar-refractivity contribution in [3.8, 4) is 11.3 Å². The Balaban J connectivity index is 1.71. The van der Waals surface area contributed by atoms with Gasteiger partial charge in [-0.15, -0.1) is 0 Å². The number of rotatable bonds is 5. The summed E-state index contributed by atoms with van der Waals surface area (Å²) in [6.07, 6.45) is 4.69. The summed E-state index contributed by atoms with van der Waals surface area (Å²) in [6.45, 7) is 4.57. The lowest BCUT2D eigenvalue weighted by Crippen LogP contribution is -2.60. The van der Waals surface area contributed by atoms with Gasteiger partial charge in [-0.2, -0.15) is 15.3 Å². The number of methoxy groups -OCH3 is 1. The summed E-state index contributed by atoms with van der Waals surface area (Å²) in [7, 11) is 3.59. The molecule has 5 rings (SSSR count). The smallest absolute Gasteiger partial charge is 0.250 e. The van der Waals surface area contributed by atoms with Crippen LogP contribution in [-0.2, 0) is 22.0 Å². The van der Waals surface area contributed by atoms with Crippen LogP contribution >= 0.6 is 0 Å². The van der Waals surface area contributed by atoms with Crippen LogP contribution in [0.15, 0.2) is 69.8 Å². The first kappa shape index (κ1) is 20.6. The van der Waals surface area contributed by atoms with Gasteiger partial charge in [-0.05, 0) is 31.0 Å². The molecule has 3 aliphatic heterocycles. The first-order valence-corrected chi connectivity index (χ1v) is 10.9. The summed E-state index contributed by atoms with van der Waals surface area (Å²) >= 11 is 0. The van der Waals surface area contributed by atoms with E-state index in [1.54, 1.807) is 13.3 Å². The number of hydrogen-bond acceptors (Lipinski definition) is 6. The Kier molecular flexibility index (Phi) is 4.78. The molecule has 166 valence electrons. The van der Waals surface area contributed by atoms with E-state index in [9.17, 15) is 4.79 Å². The fraction of sp³-hybridized carbons (Fsp3) is 0.417. The van der Waals surface area contributed by atoms with Gasteiger partial charge < -0.3 is 15.4 Å². The Labute approximate surface area is 187 Å². The van der Waals surface area contributed by atoms with Gasteiger partial charge in [0.25, 0.3) is 5.91 Å². The fourth-order valence-electron chi connectivity index (χ4n) is 5.53. The molecular weight excluding hydrogens is 404 g/mol. The number of carbonyl (C=O) groups is 1. The van der Waals surface area contributed by atoms with Gasteiger partial charge in [0.2, 0.25) is 0 Å². The lowest BCUT2D eigenvalue weighted by Gasteiger charge is -2.48. The predicted molar refractivity (Wildman–Crippen MR) is 121 cm³/mol. The molecule has 0 saturated heterocycles. The van der Waals surface area contributed by atoms with Crippen molar-refractivity contribution in [1.29, 1.82) is 0 Å². The molecule has 1 amide bonds. The first-order chi connectivity index (χ1) is 15.4. The largest absolute Gasteiger partial charge is 0.382 e. The minimum Gasteiger partial charge on any atom is -0.382 e. The van der Waals surface area contributed by atoms with E-state index >= 15 is 0 Å². The van der Waals surface area contributed by atoms with E-state index in [2.05, 4.69) is 51.1 Å². The molecule has 32 heavy (non-hydrogen) atoms. The third kappa shape index (κ3) is 2.93. The summed E-state index contributed by atoms with van der Waals surface area (Å²) in [5.41, 5.74) is 4.71. The summed E-state index contributed by atoms with van der Waals surface area (Å²) in [6, 6.07) is 10.4. The van der Waals surface area contributed by atoms with Crippen molar-refractivity contribution < 1.29 is 9.53 Å². The van der Waals surface area contributed by atoms with Crippen molar-refractivity contribution >= 4 is 5.91 Å². The van der Waals surface area contributed by atoms with Crippen molar-refractivity contribution in [2.24, 2.45) is 17.3 Å². The van der Waals surface area contributed by atoms with Crippen LogP contribution in [0.5, 0.6) is 0 Å². The average Bonchev–Trinajstić information content (AvgIpc) is 3.41. The zero-order valence-electron chi connectivity index (χ0n) is 18.8. The standard InChI is InChI=1S/C24H28N6O2/c1-5-24(16-8-6-7-15(11-16)19-9-10-26-30(19)3)17-13-25-29-21(17)27-18-12-23(2,14-32-4)28-22(31)20(18)24/h6-11,13,21,27H,5,12,14H2,1-4H3,(H,28,31)/t21?,23-,24+/m1/s1. The zero-order chi connectivity index (χ0) is 22.5.